The van der Waals surface area contributed by atoms with Gasteiger partial charge in [-0.1, -0.05) is 13.8 Å². The summed E-state index contributed by atoms with van der Waals surface area (Å²) in [5, 5.41) is 6.20. The van der Waals surface area contributed by atoms with Crippen LogP contribution in [0.15, 0.2) is 0 Å². The molecule has 1 aliphatic heterocycles. The lowest BCUT2D eigenvalue weighted by molar-refractivity contribution is 0.217. The van der Waals surface area contributed by atoms with Crippen molar-refractivity contribution in [3.05, 3.63) is 0 Å². The summed E-state index contributed by atoms with van der Waals surface area (Å²) >= 11 is 0. The van der Waals surface area contributed by atoms with Crippen LogP contribution >= 0.6 is 0 Å². The lowest BCUT2D eigenvalue weighted by atomic mass is 10.4. The first-order valence-corrected chi connectivity index (χ1v) is 6.73. The van der Waals surface area contributed by atoms with Crippen molar-refractivity contribution in [3.8, 4) is 0 Å². The Labute approximate surface area is 105 Å². The first-order valence-electron chi connectivity index (χ1n) is 6.73. The molecule has 1 aliphatic rings. The van der Waals surface area contributed by atoms with Gasteiger partial charge >= 0.3 is 6.03 Å². The Balaban J connectivity index is 1.98. The molecule has 0 aliphatic carbocycles. The van der Waals surface area contributed by atoms with Crippen LogP contribution in [0.3, 0.4) is 0 Å². The van der Waals surface area contributed by atoms with Crippen LogP contribution in [0, 0.1) is 0 Å². The zero-order valence-corrected chi connectivity index (χ0v) is 11.2. The van der Waals surface area contributed by atoms with Gasteiger partial charge in [0.15, 0.2) is 0 Å². The Kier molecular flexibility index (Phi) is 6.96. The second kappa shape index (κ2) is 8.31. The van der Waals surface area contributed by atoms with E-state index in [0.29, 0.717) is 0 Å². The Morgan fingerprint density at radius 3 is 2.76 bits per heavy atom. The van der Waals surface area contributed by atoms with Crippen molar-refractivity contribution in [1.82, 2.24) is 20.4 Å². The Hall–Kier alpha value is -0.810. The monoisotopic (exact) mass is 242 g/mol. The van der Waals surface area contributed by atoms with E-state index in [0.717, 1.165) is 45.8 Å². The van der Waals surface area contributed by atoms with Crippen molar-refractivity contribution in [1.29, 1.82) is 0 Å². The summed E-state index contributed by atoms with van der Waals surface area (Å²) in [6.45, 7) is 12.1. The molecule has 5 heteroatoms. The standard InChI is InChI=1S/C12H26N4O/c1-3-8-15(4-2)9-5-13-6-10-16-11-7-14-12(16)17/h13H,3-11H2,1-2H3,(H,14,17). The molecule has 2 N–H and O–H groups in total. The molecule has 5 nitrogen and oxygen atoms in total. The van der Waals surface area contributed by atoms with Crippen molar-refractivity contribution in [2.75, 3.05) is 52.4 Å². The molecule has 1 rings (SSSR count). The van der Waals surface area contributed by atoms with E-state index in [9.17, 15) is 4.79 Å². The molecule has 2 amide bonds. The fourth-order valence-electron chi connectivity index (χ4n) is 2.04. The van der Waals surface area contributed by atoms with E-state index < -0.39 is 0 Å². The van der Waals surface area contributed by atoms with Gasteiger partial charge in [-0.15, -0.1) is 0 Å². The SMILES string of the molecule is CCCN(CC)CCNCCN1CCNC1=O. The molecule has 0 aromatic rings. The highest BCUT2D eigenvalue weighted by atomic mass is 16.2. The molecule has 100 valence electrons. The normalized spacial score (nSPS) is 15.7. The molecule has 0 radical (unpaired) electrons. The van der Waals surface area contributed by atoms with Crippen molar-refractivity contribution in [3.63, 3.8) is 0 Å². The van der Waals surface area contributed by atoms with Gasteiger partial charge in [-0.25, -0.2) is 4.79 Å². The van der Waals surface area contributed by atoms with Gasteiger partial charge in [0.05, 0.1) is 0 Å². The van der Waals surface area contributed by atoms with Crippen LogP contribution in [-0.2, 0) is 0 Å². The predicted molar refractivity (Wildman–Crippen MR) is 70.2 cm³/mol. The van der Waals surface area contributed by atoms with Gasteiger partial charge in [-0.3, -0.25) is 0 Å². The number of hydrogen-bond donors (Lipinski definition) is 2. The average Bonchev–Trinajstić information content (AvgIpc) is 2.73. The molecule has 0 spiro atoms. The molecular formula is C12H26N4O. The third-order valence-corrected chi connectivity index (χ3v) is 3.10. The number of hydrogen-bond acceptors (Lipinski definition) is 3. The number of carbonyl (C=O) groups excluding carboxylic acids is 1. The predicted octanol–water partition coefficient (Wildman–Crippen LogP) is 0.333. The van der Waals surface area contributed by atoms with E-state index in [-0.39, 0.29) is 6.03 Å². The molecule has 1 fully saturated rings. The number of amides is 2. The number of urea groups is 1. The van der Waals surface area contributed by atoms with Gasteiger partial charge in [0.25, 0.3) is 0 Å². The zero-order chi connectivity index (χ0) is 12.5. The average molecular weight is 242 g/mol. The van der Waals surface area contributed by atoms with Crippen molar-refractivity contribution >= 4 is 6.03 Å². The van der Waals surface area contributed by atoms with E-state index in [4.69, 9.17) is 0 Å². The maximum Gasteiger partial charge on any atom is 0.317 e. The minimum Gasteiger partial charge on any atom is -0.336 e. The first-order chi connectivity index (χ1) is 8.27. The largest absolute Gasteiger partial charge is 0.336 e. The van der Waals surface area contributed by atoms with Crippen LogP contribution in [0.25, 0.3) is 0 Å². The third-order valence-electron chi connectivity index (χ3n) is 3.10. The summed E-state index contributed by atoms with van der Waals surface area (Å²) in [5.74, 6) is 0. The highest BCUT2D eigenvalue weighted by molar-refractivity contribution is 5.76. The van der Waals surface area contributed by atoms with Crippen LogP contribution in [0.4, 0.5) is 4.79 Å². The Morgan fingerprint density at radius 2 is 2.18 bits per heavy atom. The topological polar surface area (TPSA) is 47.6 Å². The summed E-state index contributed by atoms with van der Waals surface area (Å²) in [4.78, 5) is 15.6. The van der Waals surface area contributed by atoms with Crippen LogP contribution in [0.5, 0.6) is 0 Å². The van der Waals surface area contributed by atoms with Gasteiger partial charge in [0, 0.05) is 39.3 Å². The highest BCUT2D eigenvalue weighted by Gasteiger charge is 2.17. The lowest BCUT2D eigenvalue weighted by Gasteiger charge is -2.20. The van der Waals surface area contributed by atoms with Gasteiger partial charge in [-0.2, -0.15) is 0 Å². The van der Waals surface area contributed by atoms with E-state index in [1.807, 2.05) is 4.90 Å². The number of carbonyl (C=O) groups is 1. The summed E-state index contributed by atoms with van der Waals surface area (Å²) in [5.41, 5.74) is 0. The molecule has 1 heterocycles. The molecule has 0 aromatic carbocycles. The smallest absolute Gasteiger partial charge is 0.317 e. The van der Waals surface area contributed by atoms with E-state index >= 15 is 0 Å². The fraction of sp³-hybridized carbons (Fsp3) is 0.917. The molecule has 0 unspecified atom stereocenters. The molecule has 1 saturated heterocycles. The van der Waals surface area contributed by atoms with E-state index in [1.54, 1.807) is 0 Å². The first kappa shape index (κ1) is 14.3. The van der Waals surface area contributed by atoms with Gasteiger partial charge in [0.2, 0.25) is 0 Å². The van der Waals surface area contributed by atoms with Crippen molar-refractivity contribution in [2.45, 2.75) is 20.3 Å². The van der Waals surface area contributed by atoms with Crippen molar-refractivity contribution < 1.29 is 4.79 Å². The fourth-order valence-corrected chi connectivity index (χ4v) is 2.04. The summed E-state index contributed by atoms with van der Waals surface area (Å²) in [7, 11) is 0. The minimum atomic E-state index is 0.0768. The molecule has 17 heavy (non-hydrogen) atoms. The van der Waals surface area contributed by atoms with Crippen LogP contribution in [0.1, 0.15) is 20.3 Å². The Morgan fingerprint density at radius 1 is 1.35 bits per heavy atom. The zero-order valence-electron chi connectivity index (χ0n) is 11.2. The minimum absolute atomic E-state index is 0.0768. The molecule has 0 saturated carbocycles. The Bertz CT molecular complexity index is 223. The molecule has 0 atom stereocenters. The second-order valence-electron chi connectivity index (χ2n) is 4.40. The van der Waals surface area contributed by atoms with Gasteiger partial charge < -0.3 is 20.4 Å². The van der Waals surface area contributed by atoms with Crippen LogP contribution in [0.2, 0.25) is 0 Å². The highest BCUT2D eigenvalue weighted by Crippen LogP contribution is 1.94. The second-order valence-corrected chi connectivity index (χ2v) is 4.40. The number of likely N-dealkylation sites (N-methyl/N-ethyl adjacent to an activating group) is 1. The summed E-state index contributed by atoms with van der Waals surface area (Å²) in [6, 6.07) is 0.0768. The van der Waals surface area contributed by atoms with Gasteiger partial charge in [0.1, 0.15) is 0 Å². The number of nitrogens with one attached hydrogen (secondary N) is 2. The quantitative estimate of drug-likeness (QED) is 0.573. The van der Waals surface area contributed by atoms with E-state index in [1.165, 1.54) is 13.0 Å². The van der Waals surface area contributed by atoms with Crippen LogP contribution in [-0.4, -0.2) is 68.2 Å². The summed E-state index contributed by atoms with van der Waals surface area (Å²) in [6.07, 6.45) is 1.21. The number of nitrogens with zero attached hydrogens (tertiary/aromatic N) is 2. The number of rotatable bonds is 9. The maximum absolute atomic E-state index is 11.3. The molecule has 0 aromatic heterocycles. The third kappa shape index (κ3) is 5.37. The lowest BCUT2D eigenvalue weighted by Crippen LogP contribution is -2.38. The molecular weight excluding hydrogens is 216 g/mol. The summed E-state index contributed by atoms with van der Waals surface area (Å²) < 4.78 is 0. The van der Waals surface area contributed by atoms with E-state index in [2.05, 4.69) is 29.4 Å². The van der Waals surface area contributed by atoms with Crippen molar-refractivity contribution in [2.24, 2.45) is 0 Å². The molecule has 0 bridgehead atoms. The van der Waals surface area contributed by atoms with Gasteiger partial charge in [-0.05, 0) is 19.5 Å². The van der Waals surface area contributed by atoms with Crippen LogP contribution < -0.4 is 10.6 Å². The maximum atomic E-state index is 11.3.